The Morgan fingerprint density at radius 2 is 1.82 bits per heavy atom. The van der Waals surface area contributed by atoms with Crippen LogP contribution in [0.1, 0.15) is 11.3 Å². The third-order valence-electron chi connectivity index (χ3n) is 3.10. The molecule has 0 bridgehead atoms. The highest BCUT2D eigenvalue weighted by molar-refractivity contribution is 5.63. The van der Waals surface area contributed by atoms with Gasteiger partial charge in [0.05, 0.1) is 5.56 Å². The number of hydrogen-bond acceptors (Lipinski definition) is 5. The minimum Gasteiger partial charge on any atom is -0.340 e. The van der Waals surface area contributed by atoms with Crippen LogP contribution >= 0.6 is 0 Å². The molecule has 0 saturated carbocycles. The van der Waals surface area contributed by atoms with E-state index in [2.05, 4.69) is 20.3 Å². The topological polar surface area (TPSA) is 74.5 Å². The molecule has 2 aromatic heterocycles. The van der Waals surface area contributed by atoms with E-state index in [-0.39, 0.29) is 0 Å². The lowest BCUT2D eigenvalue weighted by atomic mass is 10.2. The Balaban J connectivity index is 1.78. The molecule has 0 aliphatic carbocycles. The van der Waals surface area contributed by atoms with Gasteiger partial charge < -0.3 is 5.32 Å². The van der Waals surface area contributed by atoms with Gasteiger partial charge in [-0.25, -0.2) is 15.0 Å². The number of aromatic nitrogens is 3. The Bertz CT molecular complexity index is 817. The fraction of sp³-hybridized carbons (Fsp3) is 0.0588. The third kappa shape index (κ3) is 3.07. The highest BCUT2D eigenvalue weighted by atomic mass is 15.0. The van der Waals surface area contributed by atoms with Crippen molar-refractivity contribution in [2.45, 2.75) is 6.92 Å². The van der Waals surface area contributed by atoms with Gasteiger partial charge in [0.1, 0.15) is 11.9 Å². The van der Waals surface area contributed by atoms with Gasteiger partial charge in [0.15, 0.2) is 5.82 Å². The summed E-state index contributed by atoms with van der Waals surface area (Å²) in [4.78, 5) is 12.8. The third-order valence-corrected chi connectivity index (χ3v) is 3.10. The Morgan fingerprint density at radius 3 is 2.45 bits per heavy atom. The van der Waals surface area contributed by atoms with Crippen molar-refractivity contribution >= 4 is 11.5 Å². The van der Waals surface area contributed by atoms with Crippen LogP contribution in [-0.4, -0.2) is 15.0 Å². The molecule has 0 unspecified atom stereocenters. The highest BCUT2D eigenvalue weighted by Crippen LogP contribution is 2.20. The molecule has 0 radical (unpaired) electrons. The fourth-order valence-electron chi connectivity index (χ4n) is 1.97. The van der Waals surface area contributed by atoms with Crippen molar-refractivity contribution < 1.29 is 0 Å². The zero-order valence-corrected chi connectivity index (χ0v) is 12.0. The maximum Gasteiger partial charge on any atom is 0.159 e. The Morgan fingerprint density at radius 1 is 1.00 bits per heavy atom. The van der Waals surface area contributed by atoms with Gasteiger partial charge in [0.25, 0.3) is 0 Å². The number of rotatable bonds is 3. The van der Waals surface area contributed by atoms with Crippen molar-refractivity contribution in [3.05, 3.63) is 66.1 Å². The maximum absolute atomic E-state index is 8.75. The number of nitrogens with zero attached hydrogens (tertiary/aromatic N) is 4. The molecular formula is C17H13N5. The summed E-state index contributed by atoms with van der Waals surface area (Å²) < 4.78 is 0. The van der Waals surface area contributed by atoms with Crippen molar-refractivity contribution in [1.82, 2.24) is 15.0 Å². The van der Waals surface area contributed by atoms with Crippen molar-refractivity contribution in [2.75, 3.05) is 5.32 Å². The lowest BCUT2D eigenvalue weighted by Crippen LogP contribution is -1.94. The number of nitriles is 1. The predicted octanol–water partition coefficient (Wildman–Crippen LogP) is 3.46. The van der Waals surface area contributed by atoms with E-state index in [9.17, 15) is 0 Å². The van der Waals surface area contributed by atoms with Gasteiger partial charge in [-0.15, -0.1) is 0 Å². The smallest absolute Gasteiger partial charge is 0.159 e. The van der Waals surface area contributed by atoms with Gasteiger partial charge in [-0.3, -0.25) is 0 Å². The molecule has 0 aliphatic rings. The second-order valence-electron chi connectivity index (χ2n) is 4.77. The lowest BCUT2D eigenvalue weighted by Gasteiger charge is -2.06. The number of nitrogens with one attached hydrogen (secondary N) is 1. The number of anilines is 2. The molecule has 0 atom stereocenters. The van der Waals surface area contributed by atoms with E-state index in [1.165, 1.54) is 6.20 Å². The molecule has 5 heteroatoms. The number of aryl methyl sites for hydroxylation is 1. The van der Waals surface area contributed by atoms with E-state index in [1.807, 2.05) is 43.3 Å². The van der Waals surface area contributed by atoms with Crippen LogP contribution in [0.5, 0.6) is 0 Å². The molecule has 0 amide bonds. The summed E-state index contributed by atoms with van der Waals surface area (Å²) in [6.07, 6.45) is 3.29. The summed E-state index contributed by atoms with van der Waals surface area (Å²) in [7, 11) is 0. The average Bonchev–Trinajstić information content (AvgIpc) is 2.56. The van der Waals surface area contributed by atoms with Crippen LogP contribution in [0.3, 0.4) is 0 Å². The summed E-state index contributed by atoms with van der Waals surface area (Å²) in [5.41, 5.74) is 3.35. The predicted molar refractivity (Wildman–Crippen MR) is 84.4 cm³/mol. The van der Waals surface area contributed by atoms with Crippen molar-refractivity contribution in [2.24, 2.45) is 0 Å². The fourth-order valence-corrected chi connectivity index (χ4v) is 1.97. The molecule has 3 rings (SSSR count). The molecule has 1 aromatic carbocycles. The van der Waals surface area contributed by atoms with Crippen molar-refractivity contribution in [1.29, 1.82) is 5.26 Å². The number of hydrogen-bond donors (Lipinski definition) is 1. The van der Waals surface area contributed by atoms with Crippen LogP contribution in [0, 0.1) is 18.3 Å². The number of pyridine rings is 1. The highest BCUT2D eigenvalue weighted by Gasteiger charge is 2.02. The standard InChI is InChI=1S/C17H13N5/c1-12-8-9-19-17(21-12)14-3-5-15(6-4-14)22-16-7-2-13(10-18)11-20-16/h2-9,11H,1H3,(H,20,22). The summed E-state index contributed by atoms with van der Waals surface area (Å²) in [5.74, 6) is 1.40. The van der Waals surface area contributed by atoms with E-state index < -0.39 is 0 Å². The minimum absolute atomic E-state index is 0.539. The first-order chi connectivity index (χ1) is 10.7. The van der Waals surface area contributed by atoms with E-state index in [1.54, 1.807) is 18.3 Å². The molecule has 106 valence electrons. The Labute approximate surface area is 128 Å². The second-order valence-corrected chi connectivity index (χ2v) is 4.77. The average molecular weight is 287 g/mol. The largest absolute Gasteiger partial charge is 0.340 e. The van der Waals surface area contributed by atoms with Crippen LogP contribution in [0.15, 0.2) is 54.9 Å². The van der Waals surface area contributed by atoms with Gasteiger partial charge in [-0.2, -0.15) is 5.26 Å². The lowest BCUT2D eigenvalue weighted by molar-refractivity contribution is 1.11. The first-order valence-corrected chi connectivity index (χ1v) is 6.78. The maximum atomic E-state index is 8.75. The zero-order chi connectivity index (χ0) is 15.4. The van der Waals surface area contributed by atoms with E-state index in [0.29, 0.717) is 17.2 Å². The normalized spacial score (nSPS) is 10.0. The Kier molecular flexibility index (Phi) is 3.75. The summed E-state index contributed by atoms with van der Waals surface area (Å²) in [6, 6.07) is 15.2. The van der Waals surface area contributed by atoms with Crippen LogP contribution < -0.4 is 5.32 Å². The zero-order valence-electron chi connectivity index (χ0n) is 12.0. The van der Waals surface area contributed by atoms with Crippen LogP contribution in [0.4, 0.5) is 11.5 Å². The Hall–Kier alpha value is -3.26. The van der Waals surface area contributed by atoms with Gasteiger partial charge >= 0.3 is 0 Å². The van der Waals surface area contributed by atoms with E-state index in [4.69, 9.17) is 5.26 Å². The molecular weight excluding hydrogens is 274 g/mol. The molecule has 5 nitrogen and oxygen atoms in total. The molecule has 0 saturated heterocycles. The summed E-state index contributed by atoms with van der Waals surface area (Å²) >= 11 is 0. The van der Waals surface area contributed by atoms with Crippen molar-refractivity contribution in [3.8, 4) is 17.5 Å². The molecule has 0 aliphatic heterocycles. The van der Waals surface area contributed by atoms with E-state index in [0.717, 1.165) is 16.9 Å². The van der Waals surface area contributed by atoms with Gasteiger partial charge in [0.2, 0.25) is 0 Å². The number of benzene rings is 1. The SMILES string of the molecule is Cc1ccnc(-c2ccc(Nc3ccc(C#N)cn3)cc2)n1. The summed E-state index contributed by atoms with van der Waals surface area (Å²) in [5, 5.41) is 11.9. The van der Waals surface area contributed by atoms with Gasteiger partial charge in [-0.1, -0.05) is 0 Å². The van der Waals surface area contributed by atoms with Crippen LogP contribution in [-0.2, 0) is 0 Å². The minimum atomic E-state index is 0.539. The van der Waals surface area contributed by atoms with Gasteiger partial charge in [-0.05, 0) is 49.4 Å². The quantitative estimate of drug-likeness (QED) is 0.798. The molecule has 3 aromatic rings. The first-order valence-electron chi connectivity index (χ1n) is 6.78. The van der Waals surface area contributed by atoms with Crippen LogP contribution in [0.2, 0.25) is 0 Å². The molecule has 22 heavy (non-hydrogen) atoms. The molecule has 0 fully saturated rings. The van der Waals surface area contributed by atoms with E-state index >= 15 is 0 Å². The van der Waals surface area contributed by atoms with Gasteiger partial charge in [0, 0.05) is 29.3 Å². The van der Waals surface area contributed by atoms with Crippen LogP contribution in [0.25, 0.3) is 11.4 Å². The molecule has 0 spiro atoms. The monoisotopic (exact) mass is 287 g/mol. The molecule has 1 N–H and O–H groups in total. The molecule has 2 heterocycles. The second kappa shape index (κ2) is 6.02. The van der Waals surface area contributed by atoms with Crippen molar-refractivity contribution in [3.63, 3.8) is 0 Å². The summed E-state index contributed by atoms with van der Waals surface area (Å²) in [6.45, 7) is 1.94. The first kappa shape index (κ1) is 13.7.